The van der Waals surface area contributed by atoms with Crippen LogP contribution in [0.3, 0.4) is 0 Å². The summed E-state index contributed by atoms with van der Waals surface area (Å²) in [6.45, 7) is -8.68. The number of aliphatic hydroxyl groups excluding tert-OH is 16. The van der Waals surface area contributed by atoms with Crippen molar-refractivity contribution in [3.63, 3.8) is 0 Å². The highest BCUT2D eigenvalue weighted by Crippen LogP contribution is 2.18. The topological polar surface area (TPSA) is 462 Å². The number of rotatable bonds is 28. The van der Waals surface area contributed by atoms with Gasteiger partial charge in [0.15, 0.2) is 5.69 Å². The van der Waals surface area contributed by atoms with Crippen molar-refractivity contribution < 1.29 is 105 Å². The molecule has 28 heteroatoms. The Morgan fingerprint density at radius 3 is 1.11 bits per heavy atom. The molecule has 0 fully saturated rings. The Bertz CT molecular complexity index is 1570. The Balaban J connectivity index is 0.000000640. The van der Waals surface area contributed by atoms with Crippen molar-refractivity contribution in [3.05, 3.63) is 47.6 Å². The molecule has 8 atom stereocenters. The molecule has 28 nitrogen and oxygen atoms in total. The summed E-state index contributed by atoms with van der Waals surface area (Å²) < 4.78 is -0.922. The maximum Gasteiger partial charge on any atom is 0.366 e. The third kappa shape index (κ3) is 19.3. The number of amides is 4. The lowest BCUT2D eigenvalue weighted by atomic mass is 10.1. The second kappa shape index (κ2) is 29.9. The van der Waals surface area contributed by atoms with Crippen molar-refractivity contribution in [1.82, 2.24) is 35.1 Å². The number of nitrogens with zero attached hydrogens (tertiary/aromatic N) is 7. The molecule has 2 heterocycles. The molecule has 0 radical (unpaired) electrons. The Morgan fingerprint density at radius 2 is 0.797 bits per heavy atom. The van der Waals surface area contributed by atoms with Gasteiger partial charge in [-0.15, -0.1) is 0 Å². The maximum absolute atomic E-state index is 13.4. The first-order chi connectivity index (χ1) is 30.3. The van der Waals surface area contributed by atoms with E-state index < -0.39 is 149 Å². The molecular weight excluding hydrogens is 864 g/mol. The maximum atomic E-state index is 13.4. The van der Waals surface area contributed by atoms with Crippen LogP contribution in [0.15, 0.2) is 24.8 Å². The summed E-state index contributed by atoms with van der Waals surface area (Å²) in [5.74, 6) is -3.30. The molecule has 0 saturated carbocycles. The van der Waals surface area contributed by atoms with Gasteiger partial charge in [-0.25, -0.2) is 24.2 Å². The molecule has 0 aliphatic rings. The van der Waals surface area contributed by atoms with Gasteiger partial charge in [-0.3, -0.25) is 19.4 Å². The van der Waals surface area contributed by atoms with E-state index in [-0.39, 0.29) is 55.5 Å². The van der Waals surface area contributed by atoms with Crippen LogP contribution in [-0.4, -0.2) is 294 Å². The van der Waals surface area contributed by atoms with Gasteiger partial charge >= 0.3 is 5.91 Å². The van der Waals surface area contributed by atoms with Crippen LogP contribution >= 0.6 is 0 Å². The van der Waals surface area contributed by atoms with Gasteiger partial charge in [0, 0.05) is 32.7 Å². The summed E-state index contributed by atoms with van der Waals surface area (Å²) in [6.07, 6.45) is -6.83. The van der Waals surface area contributed by atoms with Crippen LogP contribution in [0.5, 0.6) is 0 Å². The van der Waals surface area contributed by atoms with Gasteiger partial charge in [0.2, 0.25) is 0 Å². The highest BCUT2D eigenvalue weighted by molar-refractivity contribution is 5.95. The molecule has 2 aromatic heterocycles. The normalized spacial score (nSPS) is 16.1. The van der Waals surface area contributed by atoms with Crippen LogP contribution in [0.4, 0.5) is 0 Å². The monoisotopic (exact) mass is 925 g/mol. The predicted molar refractivity (Wildman–Crippen MR) is 212 cm³/mol. The van der Waals surface area contributed by atoms with Crippen molar-refractivity contribution in [2.45, 2.75) is 48.8 Å². The van der Waals surface area contributed by atoms with Gasteiger partial charge < -0.3 is 96.8 Å². The van der Waals surface area contributed by atoms with E-state index in [0.29, 0.717) is 0 Å². The van der Waals surface area contributed by atoms with E-state index in [2.05, 4.69) is 25.3 Å². The van der Waals surface area contributed by atoms with E-state index in [9.17, 15) is 75.3 Å². The van der Waals surface area contributed by atoms with Crippen LogP contribution in [0.2, 0.25) is 0 Å². The van der Waals surface area contributed by atoms with Gasteiger partial charge in [-0.2, -0.15) is 0 Å². The molecule has 0 aliphatic heterocycles. The molecule has 0 spiro atoms. The molecule has 2 rings (SSSR count). The Labute approximate surface area is 365 Å². The van der Waals surface area contributed by atoms with Crippen LogP contribution in [0.1, 0.15) is 42.0 Å². The molecule has 4 amide bonds. The van der Waals surface area contributed by atoms with Crippen LogP contribution in [0.25, 0.3) is 0 Å². The van der Waals surface area contributed by atoms with Crippen molar-refractivity contribution in [1.29, 1.82) is 0 Å². The summed E-state index contributed by atoms with van der Waals surface area (Å²) in [4.78, 5) is 68.2. The minimum Gasteiger partial charge on any atom is -0.394 e. The molecule has 64 heavy (non-hydrogen) atoms. The van der Waals surface area contributed by atoms with Crippen molar-refractivity contribution in [3.8, 4) is 0 Å². The van der Waals surface area contributed by atoms with Crippen LogP contribution in [0, 0.1) is 0 Å². The molecule has 8 unspecified atom stereocenters. The smallest absolute Gasteiger partial charge is 0.366 e. The van der Waals surface area contributed by atoms with Gasteiger partial charge in [-0.1, -0.05) is 0 Å². The number of aliphatic hydroxyl groups is 16. The molecule has 2 aromatic rings. The van der Waals surface area contributed by atoms with Crippen molar-refractivity contribution in [2.75, 3.05) is 105 Å². The molecule has 364 valence electrons. The summed E-state index contributed by atoms with van der Waals surface area (Å²) in [7, 11) is 0. The zero-order valence-corrected chi connectivity index (χ0v) is 34.7. The Kier molecular flexibility index (Phi) is 26.9. The molecule has 0 bridgehead atoms. The van der Waals surface area contributed by atoms with E-state index in [4.69, 9.17) is 25.5 Å². The lowest BCUT2D eigenvalue weighted by Gasteiger charge is -2.39. The zero-order valence-electron chi connectivity index (χ0n) is 34.7. The first kappa shape index (κ1) is 57.6. The predicted octanol–water partition coefficient (Wildman–Crippen LogP) is -10.7. The van der Waals surface area contributed by atoms with Gasteiger partial charge in [0.25, 0.3) is 17.7 Å². The molecule has 0 aromatic carbocycles. The van der Waals surface area contributed by atoms with E-state index in [0.717, 1.165) is 34.6 Å². The van der Waals surface area contributed by atoms with Crippen LogP contribution in [-0.2, 0) is 0 Å². The summed E-state index contributed by atoms with van der Waals surface area (Å²) in [5.41, 5.74) is -1.21. The number of carbonyl (C=O) groups excluding carboxylic acids is 4. The second-order valence-electron chi connectivity index (χ2n) is 14.4. The van der Waals surface area contributed by atoms with E-state index in [1.165, 1.54) is 0 Å². The fraction of sp³-hybridized carbons (Fsp3) is 0.667. The molecule has 0 saturated heterocycles. The number of nitrogens with one attached hydrogen (secondary N) is 1. The number of quaternary nitrogens is 1. The average molecular weight is 926 g/mol. The second-order valence-corrected chi connectivity index (χ2v) is 14.4. The summed E-state index contributed by atoms with van der Waals surface area (Å²) in [6, 6.07) is 0. The van der Waals surface area contributed by atoms with Gasteiger partial charge in [0.05, 0.1) is 108 Å². The minimum atomic E-state index is -1.46. The number of aromatic nitrogens is 4. The lowest BCUT2D eigenvalue weighted by Crippen LogP contribution is -2.63. The van der Waals surface area contributed by atoms with Gasteiger partial charge in [0.1, 0.15) is 55.0 Å². The first-order valence-electron chi connectivity index (χ1n) is 19.5. The Morgan fingerprint density at radius 1 is 0.469 bits per heavy atom. The highest BCUT2D eigenvalue weighted by Gasteiger charge is 2.44. The SMILES string of the molecule is O=C(NCC(O)CO)c1cncc(C(=O)[N+](CC(O)CO)(CC(O)CO)CC(O)CO)n1.O=C(c1cnc(C(=O)N(CC(O)CO)CC(O)CO)cn1)N(CC(O)CO)CC(O)CO. The van der Waals surface area contributed by atoms with Gasteiger partial charge in [-0.05, 0) is 0 Å². The highest BCUT2D eigenvalue weighted by atomic mass is 16.3. The van der Waals surface area contributed by atoms with Crippen molar-refractivity contribution >= 4 is 23.6 Å². The third-order valence-corrected chi connectivity index (χ3v) is 8.77. The number of hydrogen-bond acceptors (Lipinski definition) is 24. The Hall–Kier alpha value is -4.44. The average Bonchev–Trinajstić information content (AvgIpc) is 3.31. The van der Waals surface area contributed by atoms with E-state index in [1.807, 2.05) is 0 Å². The third-order valence-electron chi connectivity index (χ3n) is 8.77. The standard InChI is InChI=1S/2C18H30N4O10/c23-7-11(27)3-21(4-12(28)8-24)17(31)15-1-19-16(2-20-15)18(32)22(5-13(29)9-25)6-14(30)10-26;23-7-11(27)1-20-17(31)15-2-19-3-16(21-15)18(32)22(4-12(28)8-24,5-13(29)9-25)6-14(30)10-26/h1-2,11-14,23-30H,3-10H2;2-3,11-14,23-30H,1,4-10H2/p+1. The fourth-order valence-corrected chi connectivity index (χ4v) is 5.64. The fourth-order valence-electron chi connectivity index (χ4n) is 5.64. The number of hydrogen-bond donors (Lipinski definition) is 17. The minimum absolute atomic E-state index is 0.255. The largest absolute Gasteiger partial charge is 0.394 e. The lowest BCUT2D eigenvalue weighted by molar-refractivity contribution is -0.859. The van der Waals surface area contributed by atoms with E-state index >= 15 is 0 Å². The number of carbonyl (C=O) groups is 4. The first-order valence-corrected chi connectivity index (χ1v) is 19.5. The quantitative estimate of drug-likeness (QED) is 0.0352. The van der Waals surface area contributed by atoms with Crippen molar-refractivity contribution in [2.24, 2.45) is 0 Å². The molecular formula is C36H61N8O20+. The summed E-state index contributed by atoms with van der Waals surface area (Å²) in [5, 5.41) is 153. The van der Waals surface area contributed by atoms with Crippen LogP contribution < -0.4 is 5.32 Å². The zero-order chi connectivity index (χ0) is 48.6. The summed E-state index contributed by atoms with van der Waals surface area (Å²) >= 11 is 0. The van der Waals surface area contributed by atoms with E-state index in [1.54, 1.807) is 0 Å². The molecule has 17 N–H and O–H groups in total. The molecule has 0 aliphatic carbocycles.